The predicted molar refractivity (Wildman–Crippen MR) is 131 cm³/mol. The summed E-state index contributed by atoms with van der Waals surface area (Å²) in [4.78, 5) is 24.1. The lowest BCUT2D eigenvalue weighted by Gasteiger charge is -2.08. The van der Waals surface area contributed by atoms with Crippen molar-refractivity contribution in [1.29, 1.82) is 0 Å². The van der Waals surface area contributed by atoms with Crippen molar-refractivity contribution in [3.8, 4) is 11.5 Å². The largest absolute Gasteiger partial charge is 0.493 e. The summed E-state index contributed by atoms with van der Waals surface area (Å²) in [6.07, 6.45) is 4.29. The number of methoxy groups -OCH3 is 1. The standard InChI is InChI=1S/C25H23N3O6S/c1-33-23-16-20(12-14-22(23)34-25(30)15-13-19-8-4-2-5-9-19)17-26-28-24(29)18-27-35(31,32)21-10-6-3-7-11-21/h2-17,27H,18H2,1H3,(H,28,29). The molecule has 2 N–H and O–H groups in total. The molecule has 10 heteroatoms. The number of carbonyl (C=O) groups excluding carboxylic acids is 2. The summed E-state index contributed by atoms with van der Waals surface area (Å²) in [5.41, 5.74) is 3.65. The number of amides is 1. The highest BCUT2D eigenvalue weighted by atomic mass is 32.2. The van der Waals surface area contributed by atoms with Crippen molar-refractivity contribution in [2.24, 2.45) is 5.10 Å². The number of hydrogen-bond donors (Lipinski definition) is 2. The van der Waals surface area contributed by atoms with Crippen LogP contribution in [0.4, 0.5) is 0 Å². The third-order valence-corrected chi connectivity index (χ3v) is 5.91. The first-order chi connectivity index (χ1) is 16.9. The Morgan fingerprint density at radius 2 is 1.60 bits per heavy atom. The maximum absolute atomic E-state index is 12.1. The van der Waals surface area contributed by atoms with E-state index in [1.165, 1.54) is 37.6 Å². The number of hydrazone groups is 1. The molecule has 0 saturated heterocycles. The second kappa shape index (κ2) is 12.3. The molecule has 0 aliphatic carbocycles. The summed E-state index contributed by atoms with van der Waals surface area (Å²) in [7, 11) is -2.38. The first-order valence-electron chi connectivity index (χ1n) is 10.4. The first-order valence-corrected chi connectivity index (χ1v) is 11.9. The van der Waals surface area contributed by atoms with Crippen LogP contribution in [0.1, 0.15) is 11.1 Å². The van der Waals surface area contributed by atoms with Crippen LogP contribution in [-0.4, -0.2) is 40.2 Å². The number of rotatable bonds is 10. The molecular formula is C25H23N3O6S. The van der Waals surface area contributed by atoms with Crippen LogP contribution in [0, 0.1) is 0 Å². The maximum atomic E-state index is 12.1. The number of ether oxygens (including phenoxy) is 2. The molecule has 35 heavy (non-hydrogen) atoms. The van der Waals surface area contributed by atoms with E-state index in [4.69, 9.17) is 9.47 Å². The third kappa shape index (κ3) is 7.91. The molecule has 0 bridgehead atoms. The van der Waals surface area contributed by atoms with Crippen LogP contribution in [-0.2, 0) is 19.6 Å². The zero-order valence-corrected chi connectivity index (χ0v) is 19.6. The van der Waals surface area contributed by atoms with Crippen LogP contribution in [0.5, 0.6) is 11.5 Å². The van der Waals surface area contributed by atoms with Gasteiger partial charge in [-0.25, -0.2) is 23.4 Å². The Hall–Kier alpha value is -4.28. The van der Waals surface area contributed by atoms with Crippen molar-refractivity contribution in [2.75, 3.05) is 13.7 Å². The highest BCUT2D eigenvalue weighted by molar-refractivity contribution is 7.89. The van der Waals surface area contributed by atoms with E-state index in [9.17, 15) is 18.0 Å². The molecule has 0 saturated carbocycles. The molecule has 3 rings (SSSR count). The molecule has 0 spiro atoms. The average molecular weight is 494 g/mol. The van der Waals surface area contributed by atoms with Crippen LogP contribution >= 0.6 is 0 Å². The zero-order chi connectivity index (χ0) is 25.1. The minimum Gasteiger partial charge on any atom is -0.493 e. The maximum Gasteiger partial charge on any atom is 0.336 e. The van der Waals surface area contributed by atoms with Gasteiger partial charge in [0.05, 0.1) is 24.8 Å². The molecule has 3 aromatic carbocycles. The van der Waals surface area contributed by atoms with Gasteiger partial charge in [0.1, 0.15) is 0 Å². The molecule has 0 atom stereocenters. The van der Waals surface area contributed by atoms with Gasteiger partial charge in [0.2, 0.25) is 10.0 Å². The number of sulfonamides is 1. The third-order valence-electron chi connectivity index (χ3n) is 4.49. The SMILES string of the molecule is COc1cc(C=NNC(=O)CNS(=O)(=O)c2ccccc2)ccc1OC(=O)C=Cc1ccccc1. The van der Waals surface area contributed by atoms with E-state index in [1.807, 2.05) is 30.3 Å². The number of esters is 1. The smallest absolute Gasteiger partial charge is 0.336 e. The average Bonchev–Trinajstić information content (AvgIpc) is 2.88. The molecule has 9 nitrogen and oxygen atoms in total. The number of benzene rings is 3. The van der Waals surface area contributed by atoms with E-state index in [-0.39, 0.29) is 16.4 Å². The molecule has 1 amide bonds. The van der Waals surface area contributed by atoms with Crippen LogP contribution in [0.3, 0.4) is 0 Å². The lowest BCUT2D eigenvalue weighted by atomic mass is 10.2. The van der Waals surface area contributed by atoms with Gasteiger partial charge < -0.3 is 9.47 Å². The highest BCUT2D eigenvalue weighted by Crippen LogP contribution is 2.27. The summed E-state index contributed by atoms with van der Waals surface area (Å²) >= 11 is 0. The van der Waals surface area contributed by atoms with E-state index < -0.39 is 28.4 Å². The van der Waals surface area contributed by atoms with Crippen molar-refractivity contribution in [3.63, 3.8) is 0 Å². The molecule has 0 aliphatic heterocycles. The Morgan fingerprint density at radius 1 is 0.914 bits per heavy atom. The molecular weight excluding hydrogens is 470 g/mol. The fourth-order valence-electron chi connectivity index (χ4n) is 2.78. The zero-order valence-electron chi connectivity index (χ0n) is 18.7. The van der Waals surface area contributed by atoms with Crippen LogP contribution < -0.4 is 19.6 Å². The van der Waals surface area contributed by atoms with Crippen molar-refractivity contribution in [2.45, 2.75) is 4.90 Å². The lowest BCUT2D eigenvalue weighted by Crippen LogP contribution is -2.34. The van der Waals surface area contributed by atoms with Crippen molar-refractivity contribution < 1.29 is 27.5 Å². The topological polar surface area (TPSA) is 123 Å². The summed E-state index contributed by atoms with van der Waals surface area (Å²) in [6.45, 7) is -0.483. The lowest BCUT2D eigenvalue weighted by molar-refractivity contribution is -0.129. The van der Waals surface area contributed by atoms with Gasteiger partial charge in [-0.1, -0.05) is 48.5 Å². The van der Waals surface area contributed by atoms with Crippen LogP contribution in [0.25, 0.3) is 6.08 Å². The predicted octanol–water partition coefficient (Wildman–Crippen LogP) is 2.74. The highest BCUT2D eigenvalue weighted by Gasteiger charge is 2.14. The molecule has 0 unspecified atom stereocenters. The molecule has 0 heterocycles. The summed E-state index contributed by atoms with van der Waals surface area (Å²) in [5, 5.41) is 3.81. The second-order valence-corrected chi connectivity index (χ2v) is 8.77. The van der Waals surface area contributed by atoms with Gasteiger partial charge in [0.25, 0.3) is 5.91 Å². The number of carbonyl (C=O) groups is 2. The van der Waals surface area contributed by atoms with Crippen molar-refractivity contribution in [1.82, 2.24) is 10.1 Å². The molecule has 0 radical (unpaired) electrons. The Balaban J connectivity index is 1.53. The number of nitrogens with one attached hydrogen (secondary N) is 2. The van der Waals surface area contributed by atoms with E-state index in [1.54, 1.807) is 36.4 Å². The number of nitrogens with zero attached hydrogens (tertiary/aromatic N) is 1. The quantitative estimate of drug-likeness (QED) is 0.147. The minimum atomic E-state index is -3.80. The van der Waals surface area contributed by atoms with Crippen LogP contribution in [0.15, 0.2) is 94.9 Å². The molecule has 3 aromatic rings. The normalized spacial score (nSPS) is 11.5. The molecule has 180 valence electrons. The van der Waals surface area contributed by atoms with Gasteiger partial charge >= 0.3 is 5.97 Å². The fraction of sp³-hybridized carbons (Fsp3) is 0.0800. The Morgan fingerprint density at radius 3 is 2.29 bits per heavy atom. The summed E-state index contributed by atoms with van der Waals surface area (Å²) in [6, 6.07) is 21.7. The van der Waals surface area contributed by atoms with Gasteiger partial charge in [0.15, 0.2) is 11.5 Å². The Bertz CT molecular complexity index is 1320. The Kier molecular flexibility index (Phi) is 8.88. The fourth-order valence-corrected chi connectivity index (χ4v) is 3.78. The summed E-state index contributed by atoms with van der Waals surface area (Å²) in [5.74, 6) is -0.716. The van der Waals surface area contributed by atoms with E-state index in [0.717, 1.165) is 5.56 Å². The molecule has 0 aliphatic rings. The number of hydrogen-bond acceptors (Lipinski definition) is 7. The van der Waals surface area contributed by atoms with Crippen LogP contribution in [0.2, 0.25) is 0 Å². The van der Waals surface area contributed by atoms with Gasteiger partial charge in [-0.3, -0.25) is 4.79 Å². The van der Waals surface area contributed by atoms with Gasteiger partial charge in [-0.05, 0) is 47.5 Å². The van der Waals surface area contributed by atoms with Crippen molar-refractivity contribution in [3.05, 3.63) is 96.1 Å². The molecule has 0 fully saturated rings. The minimum absolute atomic E-state index is 0.0553. The van der Waals surface area contributed by atoms with E-state index in [2.05, 4.69) is 15.2 Å². The molecule has 0 aromatic heterocycles. The Labute approximate surface area is 203 Å². The summed E-state index contributed by atoms with van der Waals surface area (Å²) < 4.78 is 37.1. The van der Waals surface area contributed by atoms with Crippen molar-refractivity contribution >= 4 is 34.2 Å². The second-order valence-electron chi connectivity index (χ2n) is 7.01. The van der Waals surface area contributed by atoms with Gasteiger partial charge in [0, 0.05) is 6.08 Å². The van der Waals surface area contributed by atoms with Gasteiger partial charge in [-0.15, -0.1) is 0 Å². The van der Waals surface area contributed by atoms with E-state index >= 15 is 0 Å². The van der Waals surface area contributed by atoms with Gasteiger partial charge in [-0.2, -0.15) is 5.10 Å². The first kappa shape index (κ1) is 25.3. The monoisotopic (exact) mass is 493 g/mol. The van der Waals surface area contributed by atoms with E-state index in [0.29, 0.717) is 5.56 Å².